The number of fused-ring (bicyclic) bond motifs is 1. The third-order valence-electron chi connectivity index (χ3n) is 4.72. The first-order valence-electron chi connectivity index (χ1n) is 8.62. The molecule has 0 aliphatic carbocycles. The predicted octanol–water partition coefficient (Wildman–Crippen LogP) is 2.39. The molecule has 9 heteroatoms. The van der Waals surface area contributed by atoms with Gasteiger partial charge in [0.25, 0.3) is 5.91 Å². The molecule has 4 rings (SSSR count). The highest BCUT2D eigenvalue weighted by Crippen LogP contribution is 2.20. The Morgan fingerprint density at radius 1 is 1.25 bits per heavy atom. The van der Waals surface area contributed by atoms with Crippen molar-refractivity contribution < 1.29 is 4.79 Å². The summed E-state index contributed by atoms with van der Waals surface area (Å²) >= 11 is 0. The number of carbonyl (C=O) groups is 1. The molecule has 1 aromatic carbocycles. The molecule has 0 saturated carbocycles. The molecule has 3 heterocycles. The zero-order valence-electron chi connectivity index (χ0n) is 15.4. The van der Waals surface area contributed by atoms with Crippen LogP contribution in [-0.4, -0.2) is 32.2 Å². The minimum Gasteiger partial charge on any atom is -0.348 e. The molecule has 148 valence electrons. The van der Waals surface area contributed by atoms with Crippen molar-refractivity contribution >= 4 is 30.7 Å². The van der Waals surface area contributed by atoms with Crippen LogP contribution in [0.5, 0.6) is 0 Å². The van der Waals surface area contributed by atoms with Crippen LogP contribution >= 0.6 is 24.8 Å². The van der Waals surface area contributed by atoms with Crippen LogP contribution in [-0.2, 0) is 19.5 Å². The minimum atomic E-state index is -0.106. The lowest BCUT2D eigenvalue weighted by Gasteiger charge is -2.21. The van der Waals surface area contributed by atoms with E-state index in [9.17, 15) is 4.79 Å². The molecule has 2 aromatic heterocycles. The van der Waals surface area contributed by atoms with Crippen LogP contribution in [0.4, 0.5) is 0 Å². The van der Waals surface area contributed by atoms with E-state index in [-0.39, 0.29) is 30.7 Å². The van der Waals surface area contributed by atoms with E-state index in [0.29, 0.717) is 12.1 Å². The summed E-state index contributed by atoms with van der Waals surface area (Å²) in [5.74, 6) is -0.106. The van der Waals surface area contributed by atoms with E-state index in [1.54, 1.807) is 23.3 Å². The van der Waals surface area contributed by atoms with Crippen molar-refractivity contribution in [3.63, 3.8) is 0 Å². The molecule has 0 unspecified atom stereocenters. The highest BCUT2D eigenvalue weighted by molar-refractivity contribution is 5.94. The summed E-state index contributed by atoms with van der Waals surface area (Å²) in [5.41, 5.74) is 6.10. The van der Waals surface area contributed by atoms with E-state index in [0.717, 1.165) is 36.5 Å². The first kappa shape index (κ1) is 21.8. The smallest absolute Gasteiger partial charge is 0.251 e. The lowest BCUT2D eigenvalue weighted by Crippen LogP contribution is -2.28. The van der Waals surface area contributed by atoms with Crippen LogP contribution in [0.25, 0.3) is 5.69 Å². The number of halogens is 2. The maximum atomic E-state index is 12.6. The molecule has 28 heavy (non-hydrogen) atoms. The zero-order chi connectivity index (χ0) is 17.9. The summed E-state index contributed by atoms with van der Waals surface area (Å²) < 4.78 is 1.77. The maximum absolute atomic E-state index is 12.6. The van der Waals surface area contributed by atoms with Crippen LogP contribution < -0.4 is 10.6 Å². The van der Waals surface area contributed by atoms with Gasteiger partial charge in [-0.1, -0.05) is 6.07 Å². The first-order valence-corrected chi connectivity index (χ1v) is 8.62. The predicted molar refractivity (Wildman–Crippen MR) is 111 cm³/mol. The van der Waals surface area contributed by atoms with Gasteiger partial charge in [0.05, 0.1) is 0 Å². The second-order valence-electron chi connectivity index (χ2n) is 6.35. The number of aromatic nitrogens is 4. The van der Waals surface area contributed by atoms with E-state index >= 15 is 0 Å². The van der Waals surface area contributed by atoms with Gasteiger partial charge >= 0.3 is 0 Å². The summed E-state index contributed by atoms with van der Waals surface area (Å²) in [7, 11) is 0. The van der Waals surface area contributed by atoms with Crippen molar-refractivity contribution in [1.82, 2.24) is 30.4 Å². The van der Waals surface area contributed by atoms with E-state index in [2.05, 4.69) is 25.8 Å². The third-order valence-corrected chi connectivity index (χ3v) is 4.72. The summed E-state index contributed by atoms with van der Waals surface area (Å²) in [6.45, 7) is 4.27. The molecule has 0 spiro atoms. The van der Waals surface area contributed by atoms with E-state index in [1.807, 2.05) is 31.3 Å². The Morgan fingerprint density at radius 2 is 2.04 bits per heavy atom. The monoisotopic (exact) mass is 420 g/mol. The Bertz CT molecular complexity index is 946. The minimum absolute atomic E-state index is 0. The third kappa shape index (κ3) is 4.49. The Labute approximate surface area is 175 Å². The zero-order valence-corrected chi connectivity index (χ0v) is 17.0. The van der Waals surface area contributed by atoms with Gasteiger partial charge in [-0.3, -0.25) is 14.3 Å². The number of rotatable bonds is 4. The molecule has 0 fully saturated rings. The molecule has 1 amide bonds. The average molecular weight is 421 g/mol. The fraction of sp³-hybridized carbons (Fsp3) is 0.263. The Kier molecular flexibility index (Phi) is 7.51. The van der Waals surface area contributed by atoms with Gasteiger partial charge in [0.2, 0.25) is 0 Å². The molecule has 2 N–H and O–H groups in total. The lowest BCUT2D eigenvalue weighted by atomic mass is 9.96. The normalized spacial score (nSPS) is 12.3. The van der Waals surface area contributed by atoms with Gasteiger partial charge in [-0.15, -0.1) is 35.0 Å². The van der Waals surface area contributed by atoms with Crippen molar-refractivity contribution in [1.29, 1.82) is 0 Å². The van der Waals surface area contributed by atoms with Crippen LogP contribution in [0, 0.1) is 6.92 Å². The summed E-state index contributed by atoms with van der Waals surface area (Å²) in [4.78, 5) is 17.1. The maximum Gasteiger partial charge on any atom is 0.251 e. The second-order valence-corrected chi connectivity index (χ2v) is 6.35. The van der Waals surface area contributed by atoms with Crippen molar-refractivity contribution in [2.45, 2.75) is 26.4 Å². The van der Waals surface area contributed by atoms with Crippen LogP contribution in [0.1, 0.15) is 32.7 Å². The van der Waals surface area contributed by atoms with Crippen molar-refractivity contribution in [3.05, 3.63) is 71.1 Å². The quantitative estimate of drug-likeness (QED) is 0.676. The Morgan fingerprint density at radius 3 is 2.82 bits per heavy atom. The number of aryl methyl sites for hydroxylation is 1. The van der Waals surface area contributed by atoms with Crippen LogP contribution in [0.15, 0.2) is 43.1 Å². The molecule has 1 aliphatic heterocycles. The molecule has 0 atom stereocenters. The topological polar surface area (TPSA) is 84.7 Å². The summed E-state index contributed by atoms with van der Waals surface area (Å²) in [6.07, 6.45) is 6.12. The van der Waals surface area contributed by atoms with Crippen molar-refractivity contribution in [2.75, 3.05) is 6.54 Å². The molecule has 1 aliphatic rings. The first-order chi connectivity index (χ1) is 12.7. The number of benzene rings is 1. The van der Waals surface area contributed by atoms with Crippen molar-refractivity contribution in [3.8, 4) is 5.69 Å². The fourth-order valence-corrected chi connectivity index (χ4v) is 3.29. The van der Waals surface area contributed by atoms with Gasteiger partial charge in [0, 0.05) is 36.2 Å². The Balaban J connectivity index is 0.00000140. The van der Waals surface area contributed by atoms with E-state index in [1.165, 1.54) is 11.1 Å². The number of hydrogen-bond acceptors (Lipinski definition) is 5. The number of pyridine rings is 1. The molecular weight excluding hydrogens is 399 g/mol. The molecule has 0 bridgehead atoms. The van der Waals surface area contributed by atoms with Crippen LogP contribution in [0.2, 0.25) is 0 Å². The number of carbonyl (C=O) groups excluding carboxylic acids is 1. The highest BCUT2D eigenvalue weighted by atomic mass is 35.5. The standard InChI is InChI=1S/C19H20N6O.2ClH/c1-13-18(17-5-6-20-8-15(17)9-21-13)10-22-19(26)14-3-2-4-16(7-14)25-11-23-24-12-25;;/h2-4,7,9,11-12,20H,5-6,8,10H2,1H3,(H,22,26);2*1H. The van der Waals surface area contributed by atoms with Gasteiger partial charge in [-0.2, -0.15) is 0 Å². The fourth-order valence-electron chi connectivity index (χ4n) is 3.29. The van der Waals surface area contributed by atoms with Gasteiger partial charge in [-0.05, 0) is 54.8 Å². The molecular formula is C19H22Cl2N6O. The number of nitrogens with one attached hydrogen (secondary N) is 2. The number of hydrogen-bond donors (Lipinski definition) is 2. The van der Waals surface area contributed by atoms with Crippen molar-refractivity contribution in [2.24, 2.45) is 0 Å². The van der Waals surface area contributed by atoms with Gasteiger partial charge in [0.15, 0.2) is 0 Å². The second kappa shape index (κ2) is 9.64. The number of amides is 1. The molecule has 7 nitrogen and oxygen atoms in total. The summed E-state index contributed by atoms with van der Waals surface area (Å²) in [5, 5.41) is 14.0. The van der Waals surface area contributed by atoms with Gasteiger partial charge in [0.1, 0.15) is 12.7 Å². The highest BCUT2D eigenvalue weighted by Gasteiger charge is 2.16. The van der Waals surface area contributed by atoms with Gasteiger partial charge in [-0.25, -0.2) is 0 Å². The number of nitrogens with zero attached hydrogens (tertiary/aromatic N) is 4. The molecule has 3 aromatic rings. The van der Waals surface area contributed by atoms with E-state index < -0.39 is 0 Å². The lowest BCUT2D eigenvalue weighted by molar-refractivity contribution is 0.0950. The Hall–Kier alpha value is -2.48. The SMILES string of the molecule is Cc1ncc2c(c1CNC(=O)c1cccc(-n3cnnc3)c1)CCNC2.Cl.Cl. The van der Waals surface area contributed by atoms with Crippen LogP contribution in [0.3, 0.4) is 0 Å². The average Bonchev–Trinajstić information content (AvgIpc) is 3.22. The molecule has 0 radical (unpaired) electrons. The van der Waals surface area contributed by atoms with E-state index in [4.69, 9.17) is 0 Å². The largest absolute Gasteiger partial charge is 0.348 e. The molecule has 0 saturated heterocycles. The van der Waals surface area contributed by atoms with Gasteiger partial charge < -0.3 is 10.6 Å². The summed E-state index contributed by atoms with van der Waals surface area (Å²) in [6, 6.07) is 7.40.